The molecule has 3 atom stereocenters. The van der Waals surface area contributed by atoms with Gasteiger partial charge in [0.2, 0.25) is 0 Å². The molecule has 0 spiro atoms. The van der Waals surface area contributed by atoms with Gasteiger partial charge in [0.15, 0.2) is 0 Å². The second kappa shape index (κ2) is 3.74. The van der Waals surface area contributed by atoms with Crippen LogP contribution in [0.15, 0.2) is 0 Å². The molecule has 2 heterocycles. The Morgan fingerprint density at radius 1 is 1.33 bits per heavy atom. The summed E-state index contributed by atoms with van der Waals surface area (Å²) < 4.78 is 5.74. The van der Waals surface area contributed by atoms with Crippen LogP contribution in [0.25, 0.3) is 0 Å². The summed E-state index contributed by atoms with van der Waals surface area (Å²) in [6.07, 6.45) is 8.56. The number of nitrogens with zero attached hydrogens (tertiary/aromatic N) is 1. The average Bonchev–Trinajstić information content (AvgIpc) is 2.30. The van der Waals surface area contributed by atoms with Crippen molar-refractivity contribution < 1.29 is 4.74 Å². The molecule has 0 aromatic carbocycles. The monoisotopic (exact) mass is 209 g/mol. The normalized spacial score (nSPS) is 46.2. The molecule has 2 heteroatoms. The predicted molar refractivity (Wildman–Crippen MR) is 60.6 cm³/mol. The number of ether oxygens (including phenoxy) is 1. The molecule has 0 aromatic heterocycles. The fraction of sp³-hybridized carbons (Fsp3) is 1.00. The molecule has 15 heavy (non-hydrogen) atoms. The van der Waals surface area contributed by atoms with Gasteiger partial charge in [0.05, 0.1) is 13.3 Å². The first kappa shape index (κ1) is 10.1. The van der Waals surface area contributed by atoms with Gasteiger partial charge >= 0.3 is 0 Å². The molecule has 0 unspecified atom stereocenters. The lowest BCUT2D eigenvalue weighted by molar-refractivity contribution is -0.162. The molecule has 2 nitrogen and oxygen atoms in total. The molecule has 0 radical (unpaired) electrons. The van der Waals surface area contributed by atoms with Gasteiger partial charge in [-0.05, 0) is 43.4 Å². The van der Waals surface area contributed by atoms with Crippen molar-refractivity contribution >= 4 is 0 Å². The minimum atomic E-state index is 0.658. The van der Waals surface area contributed by atoms with Gasteiger partial charge in [0, 0.05) is 12.6 Å². The fourth-order valence-electron chi connectivity index (χ4n) is 4.46. The zero-order valence-electron chi connectivity index (χ0n) is 9.87. The maximum Gasteiger partial charge on any atom is 0.0993 e. The van der Waals surface area contributed by atoms with Gasteiger partial charge in [-0.25, -0.2) is 0 Å². The van der Waals surface area contributed by atoms with Crippen LogP contribution in [0.2, 0.25) is 0 Å². The third kappa shape index (κ3) is 1.45. The topological polar surface area (TPSA) is 12.5 Å². The Labute approximate surface area is 93.0 Å². The van der Waals surface area contributed by atoms with Crippen molar-refractivity contribution in [2.24, 2.45) is 11.3 Å². The summed E-state index contributed by atoms with van der Waals surface area (Å²) >= 11 is 0. The van der Waals surface area contributed by atoms with Crippen molar-refractivity contribution in [3.63, 3.8) is 0 Å². The SMILES string of the molecule is CC[C@]12CCC[C@H]3COCN(CCC1)[C@@H]32. The summed E-state index contributed by atoms with van der Waals surface area (Å²) in [5.41, 5.74) is 0.658. The highest BCUT2D eigenvalue weighted by Gasteiger charge is 2.50. The Bertz CT molecular complexity index is 219. The molecule has 0 amide bonds. The van der Waals surface area contributed by atoms with E-state index in [9.17, 15) is 0 Å². The van der Waals surface area contributed by atoms with Gasteiger partial charge in [-0.2, -0.15) is 0 Å². The summed E-state index contributed by atoms with van der Waals surface area (Å²) in [6, 6.07) is 0.860. The van der Waals surface area contributed by atoms with E-state index in [1.165, 1.54) is 45.1 Å². The highest BCUT2D eigenvalue weighted by Crippen LogP contribution is 2.51. The lowest BCUT2D eigenvalue weighted by Gasteiger charge is -2.58. The van der Waals surface area contributed by atoms with Gasteiger partial charge in [0.25, 0.3) is 0 Å². The Kier molecular flexibility index (Phi) is 2.52. The molecule has 3 fully saturated rings. The van der Waals surface area contributed by atoms with Crippen LogP contribution in [-0.2, 0) is 4.74 Å². The summed E-state index contributed by atoms with van der Waals surface area (Å²) in [5.74, 6) is 0.841. The molecule has 2 saturated heterocycles. The lowest BCUT2D eigenvalue weighted by Crippen LogP contribution is -2.61. The summed E-state index contributed by atoms with van der Waals surface area (Å²) in [4.78, 5) is 2.64. The second-order valence-electron chi connectivity index (χ2n) is 5.73. The van der Waals surface area contributed by atoms with Gasteiger partial charge in [0.1, 0.15) is 0 Å². The molecule has 3 rings (SSSR count). The van der Waals surface area contributed by atoms with E-state index >= 15 is 0 Å². The molecule has 1 aliphatic carbocycles. The fourth-order valence-corrected chi connectivity index (χ4v) is 4.46. The molecule has 0 aromatic rings. The van der Waals surface area contributed by atoms with Crippen molar-refractivity contribution in [1.29, 1.82) is 0 Å². The van der Waals surface area contributed by atoms with E-state index < -0.39 is 0 Å². The first-order valence-electron chi connectivity index (χ1n) is 6.67. The molecule has 0 bridgehead atoms. The Balaban J connectivity index is 1.91. The van der Waals surface area contributed by atoms with Gasteiger partial charge in [-0.1, -0.05) is 13.3 Å². The maximum atomic E-state index is 5.74. The van der Waals surface area contributed by atoms with Crippen LogP contribution in [0.1, 0.15) is 45.4 Å². The molecule has 1 saturated carbocycles. The summed E-state index contributed by atoms with van der Waals surface area (Å²) in [7, 11) is 0. The van der Waals surface area contributed by atoms with E-state index in [-0.39, 0.29) is 0 Å². The van der Waals surface area contributed by atoms with Crippen molar-refractivity contribution in [2.75, 3.05) is 19.9 Å². The third-order valence-corrected chi connectivity index (χ3v) is 5.13. The predicted octanol–water partition coefficient (Wildman–Crippen LogP) is 2.64. The summed E-state index contributed by atoms with van der Waals surface area (Å²) in [5, 5.41) is 0. The number of rotatable bonds is 1. The molecule has 3 aliphatic rings. The molecule has 2 aliphatic heterocycles. The highest BCUT2D eigenvalue weighted by atomic mass is 16.5. The van der Waals surface area contributed by atoms with E-state index in [2.05, 4.69) is 11.8 Å². The molecule has 0 N–H and O–H groups in total. The Morgan fingerprint density at radius 3 is 3.07 bits per heavy atom. The van der Waals surface area contributed by atoms with Crippen LogP contribution in [0.3, 0.4) is 0 Å². The van der Waals surface area contributed by atoms with Crippen LogP contribution in [0, 0.1) is 11.3 Å². The quantitative estimate of drug-likeness (QED) is 0.658. The van der Waals surface area contributed by atoms with Crippen LogP contribution < -0.4 is 0 Å². The van der Waals surface area contributed by atoms with E-state index in [1.807, 2.05) is 0 Å². The van der Waals surface area contributed by atoms with E-state index in [1.54, 1.807) is 0 Å². The molecular weight excluding hydrogens is 186 g/mol. The van der Waals surface area contributed by atoms with Crippen molar-refractivity contribution in [3.8, 4) is 0 Å². The lowest BCUT2D eigenvalue weighted by atomic mass is 9.60. The largest absolute Gasteiger partial charge is 0.366 e. The second-order valence-corrected chi connectivity index (χ2v) is 5.73. The van der Waals surface area contributed by atoms with Crippen LogP contribution in [0.5, 0.6) is 0 Å². The Hall–Kier alpha value is -0.0800. The van der Waals surface area contributed by atoms with Crippen LogP contribution >= 0.6 is 0 Å². The number of piperidine rings is 1. The maximum absolute atomic E-state index is 5.74. The Morgan fingerprint density at radius 2 is 2.20 bits per heavy atom. The first-order valence-corrected chi connectivity index (χ1v) is 6.67. The van der Waals surface area contributed by atoms with Gasteiger partial charge in [-0.3, -0.25) is 4.90 Å². The zero-order valence-corrected chi connectivity index (χ0v) is 9.87. The van der Waals surface area contributed by atoms with Crippen molar-refractivity contribution in [2.45, 2.75) is 51.5 Å². The smallest absolute Gasteiger partial charge is 0.0993 e. The van der Waals surface area contributed by atoms with Crippen molar-refractivity contribution in [1.82, 2.24) is 4.90 Å². The third-order valence-electron chi connectivity index (χ3n) is 5.13. The summed E-state index contributed by atoms with van der Waals surface area (Å²) in [6.45, 7) is 5.62. The number of hydrogen-bond donors (Lipinski definition) is 0. The van der Waals surface area contributed by atoms with Crippen molar-refractivity contribution in [3.05, 3.63) is 0 Å². The average molecular weight is 209 g/mol. The molecular formula is C13H23NO. The highest BCUT2D eigenvalue weighted by molar-refractivity contribution is 5.02. The standard InChI is InChI=1S/C13H23NO/c1-2-13-6-3-5-11-9-15-10-14(12(11)13)8-4-7-13/h11-12H,2-10H2,1H3/t11-,12-,13-/m0/s1. The number of hydrogen-bond acceptors (Lipinski definition) is 2. The van der Waals surface area contributed by atoms with E-state index in [4.69, 9.17) is 4.74 Å². The zero-order chi connectivity index (χ0) is 10.3. The minimum Gasteiger partial charge on any atom is -0.366 e. The molecule has 86 valence electrons. The van der Waals surface area contributed by atoms with Gasteiger partial charge < -0.3 is 4.74 Å². The first-order chi connectivity index (χ1) is 7.36. The van der Waals surface area contributed by atoms with Crippen LogP contribution in [-0.4, -0.2) is 30.8 Å². The van der Waals surface area contributed by atoms with E-state index in [0.717, 1.165) is 25.3 Å². The van der Waals surface area contributed by atoms with Gasteiger partial charge in [-0.15, -0.1) is 0 Å². The minimum absolute atomic E-state index is 0.658. The van der Waals surface area contributed by atoms with Crippen LogP contribution in [0.4, 0.5) is 0 Å². The van der Waals surface area contributed by atoms with E-state index in [0.29, 0.717) is 5.41 Å².